The molecule has 1 fully saturated rings. The molecule has 24 heavy (non-hydrogen) atoms. The number of rotatable bonds is 4. The lowest BCUT2D eigenvalue weighted by Crippen LogP contribution is -2.26. The van der Waals surface area contributed by atoms with Gasteiger partial charge in [0.2, 0.25) is 0 Å². The molecule has 0 bridgehead atoms. The van der Waals surface area contributed by atoms with Crippen molar-refractivity contribution in [2.45, 2.75) is 37.6 Å². The van der Waals surface area contributed by atoms with Crippen molar-refractivity contribution in [3.8, 4) is 5.69 Å². The minimum atomic E-state index is -3.20. The zero-order chi connectivity index (χ0) is 17.2. The molecule has 2 heterocycles. The maximum Gasteiger partial charge on any atom is 0.175 e. The number of hydrogen-bond acceptors (Lipinski definition) is 6. The molecule has 1 aliphatic rings. The van der Waals surface area contributed by atoms with Crippen LogP contribution in [0.2, 0.25) is 0 Å². The summed E-state index contributed by atoms with van der Waals surface area (Å²) in [5.74, 6) is 1.55. The predicted molar refractivity (Wildman–Crippen MR) is 90.6 cm³/mol. The summed E-state index contributed by atoms with van der Waals surface area (Å²) in [5, 5.41) is 12.0. The van der Waals surface area contributed by atoms with E-state index in [1.165, 1.54) is 25.5 Å². The van der Waals surface area contributed by atoms with E-state index < -0.39 is 9.84 Å². The van der Waals surface area contributed by atoms with Gasteiger partial charge in [0, 0.05) is 6.26 Å². The highest BCUT2D eigenvalue weighted by molar-refractivity contribution is 7.90. The lowest BCUT2D eigenvalue weighted by atomic mass is 10.0. The van der Waals surface area contributed by atoms with Crippen LogP contribution < -0.4 is 0 Å². The van der Waals surface area contributed by atoms with E-state index in [4.69, 9.17) is 0 Å². The lowest BCUT2D eigenvalue weighted by molar-refractivity contribution is 0.264. The van der Waals surface area contributed by atoms with E-state index in [-0.39, 0.29) is 0 Å². The Bertz CT molecular complexity index is 785. The summed E-state index contributed by atoms with van der Waals surface area (Å²) in [6, 6.07) is 6.65. The summed E-state index contributed by atoms with van der Waals surface area (Å²) >= 11 is 0. The van der Waals surface area contributed by atoms with Crippen molar-refractivity contribution >= 4 is 9.84 Å². The molecule has 0 radical (unpaired) electrons. The van der Waals surface area contributed by atoms with Gasteiger partial charge in [-0.1, -0.05) is 6.92 Å². The van der Waals surface area contributed by atoms with Crippen molar-refractivity contribution < 1.29 is 8.42 Å². The topological polar surface area (TPSA) is 81.0 Å². The highest BCUT2D eigenvalue weighted by Crippen LogP contribution is 2.19. The molecule has 1 aromatic carbocycles. The van der Waals surface area contributed by atoms with E-state index in [0.29, 0.717) is 11.4 Å². The van der Waals surface area contributed by atoms with Gasteiger partial charge in [-0.3, -0.25) is 4.90 Å². The molecule has 3 rings (SSSR count). The fourth-order valence-corrected chi connectivity index (χ4v) is 3.65. The van der Waals surface area contributed by atoms with Gasteiger partial charge in [-0.2, -0.15) is 4.68 Å². The predicted octanol–water partition coefficient (Wildman–Crippen LogP) is 1.69. The molecule has 1 unspecified atom stereocenters. The van der Waals surface area contributed by atoms with Crippen LogP contribution in [0.5, 0.6) is 0 Å². The van der Waals surface area contributed by atoms with Crippen molar-refractivity contribution in [2.75, 3.05) is 19.3 Å². The molecule has 1 saturated heterocycles. The van der Waals surface area contributed by atoms with Gasteiger partial charge >= 0.3 is 0 Å². The second-order valence-corrected chi connectivity index (χ2v) is 8.60. The van der Waals surface area contributed by atoms with Gasteiger partial charge in [0.1, 0.15) is 0 Å². The summed E-state index contributed by atoms with van der Waals surface area (Å²) in [5.41, 5.74) is 0.769. The van der Waals surface area contributed by atoms with E-state index in [2.05, 4.69) is 27.3 Å². The lowest BCUT2D eigenvalue weighted by Gasteiger charge is -2.19. The van der Waals surface area contributed by atoms with Crippen LogP contribution >= 0.6 is 0 Å². The van der Waals surface area contributed by atoms with Crippen molar-refractivity contribution in [3.63, 3.8) is 0 Å². The molecular weight excluding hydrogens is 326 g/mol. The van der Waals surface area contributed by atoms with Crippen molar-refractivity contribution in [2.24, 2.45) is 5.92 Å². The van der Waals surface area contributed by atoms with Gasteiger partial charge in [-0.05, 0) is 73.0 Å². The summed E-state index contributed by atoms with van der Waals surface area (Å²) in [4.78, 5) is 2.68. The molecule has 0 amide bonds. The van der Waals surface area contributed by atoms with Crippen LogP contribution in [0, 0.1) is 5.92 Å². The molecular formula is C16H23N5O2S. The molecule has 0 aliphatic carbocycles. The average Bonchev–Trinajstić information content (AvgIpc) is 2.90. The quantitative estimate of drug-likeness (QED) is 0.835. The molecule has 0 N–H and O–H groups in total. The van der Waals surface area contributed by atoms with Crippen LogP contribution in [-0.2, 0) is 16.4 Å². The minimum absolute atomic E-state index is 0.294. The van der Waals surface area contributed by atoms with Gasteiger partial charge < -0.3 is 0 Å². The highest BCUT2D eigenvalue weighted by atomic mass is 32.2. The van der Waals surface area contributed by atoms with Gasteiger partial charge in [0.15, 0.2) is 15.7 Å². The van der Waals surface area contributed by atoms with Crippen LogP contribution in [0.3, 0.4) is 0 Å². The Kier molecular flexibility index (Phi) is 4.96. The number of benzene rings is 1. The van der Waals surface area contributed by atoms with E-state index in [1.54, 1.807) is 28.9 Å². The van der Waals surface area contributed by atoms with Gasteiger partial charge in [-0.15, -0.1) is 5.10 Å². The Hall–Kier alpha value is -1.80. The normalized spacial score (nSPS) is 20.0. The number of hydrogen-bond donors (Lipinski definition) is 0. The molecule has 0 saturated carbocycles. The van der Waals surface area contributed by atoms with Crippen molar-refractivity contribution in [3.05, 3.63) is 30.1 Å². The Morgan fingerprint density at radius 2 is 1.92 bits per heavy atom. The van der Waals surface area contributed by atoms with E-state index >= 15 is 0 Å². The fraction of sp³-hybridized carbons (Fsp3) is 0.562. The first kappa shape index (κ1) is 17.0. The van der Waals surface area contributed by atoms with Crippen LogP contribution in [0.15, 0.2) is 29.2 Å². The molecule has 1 aromatic heterocycles. The van der Waals surface area contributed by atoms with Crippen LogP contribution in [0.4, 0.5) is 0 Å². The number of sulfone groups is 1. The maximum atomic E-state index is 11.6. The standard InChI is InChI=1S/C16H23N5O2S/c1-13-4-3-10-20(11-9-13)12-16-17-18-19-21(16)14-5-7-15(8-6-14)24(2,22)23/h5-8,13H,3-4,9-12H2,1-2H3. The molecule has 130 valence electrons. The zero-order valence-electron chi connectivity index (χ0n) is 14.1. The smallest absolute Gasteiger partial charge is 0.175 e. The first-order valence-electron chi connectivity index (χ1n) is 8.23. The monoisotopic (exact) mass is 349 g/mol. The van der Waals surface area contributed by atoms with E-state index in [9.17, 15) is 8.42 Å². The third kappa shape index (κ3) is 3.99. The first-order chi connectivity index (χ1) is 11.4. The Morgan fingerprint density at radius 3 is 2.62 bits per heavy atom. The number of nitrogens with zero attached hydrogens (tertiary/aromatic N) is 5. The second kappa shape index (κ2) is 6.98. The van der Waals surface area contributed by atoms with E-state index in [1.807, 2.05) is 0 Å². The largest absolute Gasteiger partial charge is 0.296 e. The SMILES string of the molecule is CC1CCCN(Cc2nnnn2-c2ccc(S(C)(=O)=O)cc2)CC1. The Labute approximate surface area is 142 Å². The summed E-state index contributed by atoms with van der Waals surface area (Å²) in [7, 11) is -3.20. The number of aromatic nitrogens is 4. The Balaban J connectivity index is 1.77. The molecule has 1 atom stereocenters. The van der Waals surface area contributed by atoms with Gasteiger partial charge in [0.05, 0.1) is 17.1 Å². The third-order valence-electron chi connectivity index (χ3n) is 4.52. The second-order valence-electron chi connectivity index (χ2n) is 6.59. The van der Waals surface area contributed by atoms with Crippen molar-refractivity contribution in [1.82, 2.24) is 25.1 Å². The molecule has 7 nitrogen and oxygen atoms in total. The van der Waals surface area contributed by atoms with Crippen LogP contribution in [0.25, 0.3) is 5.69 Å². The highest BCUT2D eigenvalue weighted by Gasteiger charge is 2.17. The first-order valence-corrected chi connectivity index (χ1v) is 10.1. The molecule has 2 aromatic rings. The van der Waals surface area contributed by atoms with Crippen LogP contribution in [0.1, 0.15) is 32.0 Å². The average molecular weight is 349 g/mol. The fourth-order valence-electron chi connectivity index (χ4n) is 3.02. The summed E-state index contributed by atoms with van der Waals surface area (Å²) < 4.78 is 24.8. The minimum Gasteiger partial charge on any atom is -0.296 e. The summed E-state index contributed by atoms with van der Waals surface area (Å²) in [6.07, 6.45) is 4.87. The Morgan fingerprint density at radius 1 is 1.17 bits per heavy atom. The number of tetrazole rings is 1. The zero-order valence-corrected chi connectivity index (χ0v) is 14.9. The molecule has 0 spiro atoms. The van der Waals surface area contributed by atoms with Gasteiger partial charge in [-0.25, -0.2) is 8.42 Å². The van der Waals surface area contributed by atoms with Crippen LogP contribution in [-0.4, -0.2) is 52.9 Å². The third-order valence-corrected chi connectivity index (χ3v) is 5.65. The molecule has 8 heteroatoms. The maximum absolute atomic E-state index is 11.6. The summed E-state index contributed by atoms with van der Waals surface area (Å²) in [6.45, 7) is 5.12. The number of likely N-dealkylation sites (tertiary alicyclic amines) is 1. The van der Waals surface area contributed by atoms with Gasteiger partial charge in [0.25, 0.3) is 0 Å². The van der Waals surface area contributed by atoms with Crippen molar-refractivity contribution in [1.29, 1.82) is 0 Å². The van der Waals surface area contributed by atoms with E-state index in [0.717, 1.165) is 30.5 Å². The molecule has 1 aliphatic heterocycles.